The first-order valence-electron chi connectivity index (χ1n) is 7.26. The molecule has 2 aromatic carbocycles. The molecule has 0 heterocycles. The number of nitrogens with one attached hydrogen (secondary N) is 1. The van der Waals surface area contributed by atoms with Gasteiger partial charge < -0.3 is 9.47 Å². The fourth-order valence-electron chi connectivity index (χ4n) is 2.15. The molecule has 0 aromatic heterocycles. The van der Waals surface area contributed by atoms with Gasteiger partial charge in [0.1, 0.15) is 11.0 Å². The zero-order chi connectivity index (χ0) is 20.2. The van der Waals surface area contributed by atoms with E-state index in [1.165, 1.54) is 24.3 Å². The van der Waals surface area contributed by atoms with Gasteiger partial charge >= 0.3 is 11.9 Å². The molecule has 0 radical (unpaired) electrons. The summed E-state index contributed by atoms with van der Waals surface area (Å²) >= 11 is 5.83. The maximum absolute atomic E-state index is 12.8. The molecule has 0 saturated heterocycles. The molecule has 27 heavy (non-hydrogen) atoms. The van der Waals surface area contributed by atoms with Gasteiger partial charge in [-0.05, 0) is 36.4 Å². The van der Waals surface area contributed by atoms with Crippen molar-refractivity contribution in [3.05, 3.63) is 58.1 Å². The minimum absolute atomic E-state index is 0.0511. The number of hydrogen-bond acceptors (Lipinski definition) is 7. The first-order chi connectivity index (χ1) is 12.7. The van der Waals surface area contributed by atoms with E-state index in [2.05, 4.69) is 14.2 Å². The molecule has 8 nitrogen and oxygen atoms in total. The first-order valence-corrected chi connectivity index (χ1v) is 9.12. The number of carbonyl (C=O) groups excluding carboxylic acids is 2. The van der Waals surface area contributed by atoms with E-state index >= 15 is 0 Å². The SMILES string of the molecule is COC(=O)c1ccc(C(=O)OC)c(S(=O)(=O)Nc2ccc(Cl)c(C#N)c2)c1. The van der Waals surface area contributed by atoms with Crippen LogP contribution < -0.4 is 4.72 Å². The van der Waals surface area contributed by atoms with Crippen molar-refractivity contribution in [2.75, 3.05) is 18.9 Å². The first kappa shape index (κ1) is 20.2. The number of halogens is 1. The summed E-state index contributed by atoms with van der Waals surface area (Å²) in [6, 6.07) is 9.16. The van der Waals surface area contributed by atoms with Crippen LogP contribution in [0.3, 0.4) is 0 Å². The molecule has 0 amide bonds. The van der Waals surface area contributed by atoms with Crippen LogP contribution in [0.15, 0.2) is 41.3 Å². The van der Waals surface area contributed by atoms with Crippen molar-refractivity contribution in [1.82, 2.24) is 0 Å². The Kier molecular flexibility index (Phi) is 6.05. The van der Waals surface area contributed by atoms with Gasteiger partial charge in [0.2, 0.25) is 0 Å². The van der Waals surface area contributed by atoms with Gasteiger partial charge in [0.05, 0.1) is 41.6 Å². The van der Waals surface area contributed by atoms with Crippen molar-refractivity contribution in [3.8, 4) is 6.07 Å². The van der Waals surface area contributed by atoms with Gasteiger partial charge in [-0.15, -0.1) is 0 Å². The standard InChI is InChI=1S/C17H13ClN2O6S/c1-25-16(21)10-3-5-13(17(22)26-2)15(8-10)27(23,24)20-12-4-6-14(18)11(7-12)9-19/h3-8,20H,1-2H3. The van der Waals surface area contributed by atoms with E-state index in [1.807, 2.05) is 6.07 Å². The summed E-state index contributed by atoms with van der Waals surface area (Å²) in [6.07, 6.45) is 0. The van der Waals surface area contributed by atoms with Crippen LogP contribution in [0.1, 0.15) is 26.3 Å². The van der Waals surface area contributed by atoms with Crippen molar-refractivity contribution in [3.63, 3.8) is 0 Å². The van der Waals surface area contributed by atoms with Crippen LogP contribution in [0.25, 0.3) is 0 Å². The number of benzene rings is 2. The summed E-state index contributed by atoms with van der Waals surface area (Å²) in [4.78, 5) is 23.2. The van der Waals surface area contributed by atoms with Crippen molar-refractivity contribution >= 4 is 39.3 Å². The number of esters is 2. The van der Waals surface area contributed by atoms with E-state index in [0.29, 0.717) is 0 Å². The number of carbonyl (C=O) groups is 2. The maximum atomic E-state index is 12.8. The number of nitrogens with zero attached hydrogens (tertiary/aromatic N) is 1. The number of ether oxygens (including phenoxy) is 2. The molecule has 0 atom stereocenters. The van der Waals surface area contributed by atoms with E-state index in [-0.39, 0.29) is 27.4 Å². The average molecular weight is 409 g/mol. The van der Waals surface area contributed by atoms with Crippen molar-refractivity contribution in [2.45, 2.75) is 4.90 Å². The molecule has 0 fully saturated rings. The molecule has 0 aliphatic rings. The molecule has 10 heteroatoms. The summed E-state index contributed by atoms with van der Waals surface area (Å²) in [5.41, 5.74) is -0.227. The quantitative estimate of drug-likeness (QED) is 0.754. The monoisotopic (exact) mass is 408 g/mol. The van der Waals surface area contributed by atoms with Crippen molar-refractivity contribution in [2.24, 2.45) is 0 Å². The van der Waals surface area contributed by atoms with Crippen LogP contribution in [0, 0.1) is 11.3 Å². The fourth-order valence-corrected chi connectivity index (χ4v) is 3.58. The third-order valence-corrected chi connectivity index (χ3v) is 5.19. The highest BCUT2D eigenvalue weighted by atomic mass is 35.5. The predicted molar refractivity (Wildman–Crippen MR) is 96.1 cm³/mol. The Morgan fingerprint density at radius 2 is 1.74 bits per heavy atom. The van der Waals surface area contributed by atoms with Crippen LogP contribution >= 0.6 is 11.6 Å². The predicted octanol–water partition coefficient (Wildman–Crippen LogP) is 2.59. The summed E-state index contributed by atoms with van der Waals surface area (Å²) in [6.45, 7) is 0. The smallest absolute Gasteiger partial charge is 0.339 e. The summed E-state index contributed by atoms with van der Waals surface area (Å²) in [7, 11) is -2.08. The lowest BCUT2D eigenvalue weighted by atomic mass is 10.1. The Hall–Kier alpha value is -3.09. The number of hydrogen-bond donors (Lipinski definition) is 1. The van der Waals surface area contributed by atoms with E-state index < -0.39 is 26.9 Å². The number of sulfonamides is 1. The zero-order valence-electron chi connectivity index (χ0n) is 14.1. The van der Waals surface area contributed by atoms with Crippen LogP contribution in [0.4, 0.5) is 5.69 Å². The van der Waals surface area contributed by atoms with Gasteiger partial charge in [0.25, 0.3) is 10.0 Å². The van der Waals surface area contributed by atoms with Gasteiger partial charge in [0.15, 0.2) is 0 Å². The largest absolute Gasteiger partial charge is 0.465 e. The minimum atomic E-state index is -4.31. The zero-order valence-corrected chi connectivity index (χ0v) is 15.7. The molecule has 2 aromatic rings. The molecule has 0 bridgehead atoms. The van der Waals surface area contributed by atoms with Crippen LogP contribution in [-0.2, 0) is 19.5 Å². The lowest BCUT2D eigenvalue weighted by Crippen LogP contribution is -2.19. The van der Waals surface area contributed by atoms with Gasteiger partial charge in [-0.3, -0.25) is 4.72 Å². The normalized spacial score (nSPS) is 10.6. The molecular formula is C17H13ClN2O6S. The van der Waals surface area contributed by atoms with Gasteiger partial charge in [-0.25, -0.2) is 18.0 Å². The number of methoxy groups -OCH3 is 2. The van der Waals surface area contributed by atoms with E-state index in [0.717, 1.165) is 26.4 Å². The summed E-state index contributed by atoms with van der Waals surface area (Å²) in [5.74, 6) is -1.68. The summed E-state index contributed by atoms with van der Waals surface area (Å²) in [5, 5.41) is 9.16. The molecule has 140 valence electrons. The van der Waals surface area contributed by atoms with Crippen LogP contribution in [-0.4, -0.2) is 34.6 Å². The number of anilines is 1. The van der Waals surface area contributed by atoms with Gasteiger partial charge in [-0.2, -0.15) is 5.26 Å². The summed E-state index contributed by atoms with van der Waals surface area (Å²) < 4.78 is 37.0. The molecular weight excluding hydrogens is 396 g/mol. The van der Waals surface area contributed by atoms with Crippen LogP contribution in [0.5, 0.6) is 0 Å². The third-order valence-electron chi connectivity index (χ3n) is 3.44. The highest BCUT2D eigenvalue weighted by Gasteiger charge is 2.25. The molecule has 2 rings (SSSR count). The topological polar surface area (TPSA) is 123 Å². The Balaban J connectivity index is 2.57. The molecule has 0 unspecified atom stereocenters. The second kappa shape index (κ2) is 8.07. The second-order valence-electron chi connectivity index (χ2n) is 5.11. The van der Waals surface area contributed by atoms with Crippen LogP contribution in [0.2, 0.25) is 5.02 Å². The van der Waals surface area contributed by atoms with E-state index in [4.69, 9.17) is 16.9 Å². The molecule has 0 aliphatic heterocycles. The highest BCUT2D eigenvalue weighted by Crippen LogP contribution is 2.25. The van der Waals surface area contributed by atoms with Gasteiger partial charge in [-0.1, -0.05) is 11.6 Å². The van der Waals surface area contributed by atoms with Crippen molar-refractivity contribution < 1.29 is 27.5 Å². The average Bonchev–Trinajstić information content (AvgIpc) is 2.67. The van der Waals surface area contributed by atoms with Crippen molar-refractivity contribution in [1.29, 1.82) is 5.26 Å². The molecule has 0 spiro atoms. The van der Waals surface area contributed by atoms with E-state index in [9.17, 15) is 18.0 Å². The maximum Gasteiger partial charge on any atom is 0.339 e. The Bertz CT molecular complexity index is 1060. The number of rotatable bonds is 5. The lowest BCUT2D eigenvalue weighted by molar-refractivity contribution is 0.0583. The second-order valence-corrected chi connectivity index (χ2v) is 7.16. The van der Waals surface area contributed by atoms with E-state index in [1.54, 1.807) is 0 Å². The fraction of sp³-hybridized carbons (Fsp3) is 0.118. The Morgan fingerprint density at radius 3 is 2.33 bits per heavy atom. The van der Waals surface area contributed by atoms with Gasteiger partial charge in [0, 0.05) is 0 Å². The lowest BCUT2D eigenvalue weighted by Gasteiger charge is -2.13. The Labute approximate surface area is 160 Å². The highest BCUT2D eigenvalue weighted by molar-refractivity contribution is 7.92. The Morgan fingerprint density at radius 1 is 1.07 bits per heavy atom. The number of nitriles is 1. The minimum Gasteiger partial charge on any atom is -0.465 e. The molecule has 1 N–H and O–H groups in total. The third kappa shape index (κ3) is 4.36. The molecule has 0 saturated carbocycles. The molecule has 0 aliphatic carbocycles.